The van der Waals surface area contributed by atoms with Gasteiger partial charge in [-0.3, -0.25) is 9.59 Å². The second-order valence-electron chi connectivity index (χ2n) is 11.0. The number of hydrogen-bond acceptors (Lipinski definition) is 5. The number of aliphatic hydroxyl groups is 1. The number of nitrogens with one attached hydrogen (secondary N) is 2. The Balaban J connectivity index is 3.34. The van der Waals surface area contributed by atoms with Crippen molar-refractivity contribution in [3.05, 3.63) is 42.0 Å². The lowest BCUT2D eigenvalue weighted by Gasteiger charge is -2.34. The van der Waals surface area contributed by atoms with Gasteiger partial charge in [0, 0.05) is 13.1 Å². The normalized spacial score (nSPS) is 12.8. The van der Waals surface area contributed by atoms with Crippen molar-refractivity contribution in [3.8, 4) is 0 Å². The molecule has 0 bridgehead atoms. The van der Waals surface area contributed by atoms with E-state index < -0.39 is 36.3 Å². The van der Waals surface area contributed by atoms with Crippen LogP contribution >= 0.6 is 0 Å². The zero-order valence-electron chi connectivity index (χ0n) is 24.8. The van der Waals surface area contributed by atoms with E-state index in [0.29, 0.717) is 25.1 Å². The third kappa shape index (κ3) is 13.2. The molecular formula is C31H51N3O5. The second kappa shape index (κ2) is 18.4. The first-order valence-electron chi connectivity index (χ1n) is 14.5. The number of aliphatic hydroxyl groups excluding tert-OH is 1. The van der Waals surface area contributed by atoms with E-state index in [1.165, 1.54) is 4.90 Å². The van der Waals surface area contributed by atoms with E-state index in [9.17, 15) is 19.5 Å². The Morgan fingerprint density at radius 3 is 2.28 bits per heavy atom. The molecule has 8 heteroatoms. The standard InChI is InChI=1S/C31H51N3O5/c1-7-10-12-13-14-16-21-34(29(37)26(23-35)33-30(38)39-31(4,5)6)27(28(36)32-20-15-11-8-2)25-19-17-18-24(9-3)22-25/h9,17-19,22,26-27,35H,3,7-8,10-16,20-21,23H2,1-2,4-6H3,(H,32,36)(H,33,38). The van der Waals surface area contributed by atoms with Gasteiger partial charge < -0.3 is 25.4 Å². The van der Waals surface area contributed by atoms with Crippen molar-refractivity contribution in [3.63, 3.8) is 0 Å². The summed E-state index contributed by atoms with van der Waals surface area (Å²) in [6, 6.07) is 5.20. The molecule has 2 atom stereocenters. The third-order valence-corrected chi connectivity index (χ3v) is 6.31. The highest BCUT2D eigenvalue weighted by atomic mass is 16.6. The van der Waals surface area contributed by atoms with Gasteiger partial charge in [-0.25, -0.2) is 4.79 Å². The van der Waals surface area contributed by atoms with Crippen molar-refractivity contribution in [2.45, 2.75) is 110 Å². The maximum absolute atomic E-state index is 13.9. The molecule has 220 valence electrons. The first-order chi connectivity index (χ1) is 18.6. The summed E-state index contributed by atoms with van der Waals surface area (Å²) in [4.78, 5) is 41.5. The van der Waals surface area contributed by atoms with Crippen molar-refractivity contribution in [1.82, 2.24) is 15.5 Å². The fraction of sp³-hybridized carbons (Fsp3) is 0.645. The summed E-state index contributed by atoms with van der Waals surface area (Å²) in [7, 11) is 0. The number of rotatable bonds is 18. The summed E-state index contributed by atoms with van der Waals surface area (Å²) < 4.78 is 5.31. The largest absolute Gasteiger partial charge is 0.444 e. The lowest BCUT2D eigenvalue weighted by atomic mass is 9.99. The van der Waals surface area contributed by atoms with Crippen LogP contribution in [0.15, 0.2) is 30.8 Å². The molecule has 0 radical (unpaired) electrons. The van der Waals surface area contributed by atoms with Gasteiger partial charge in [0.25, 0.3) is 0 Å². The summed E-state index contributed by atoms with van der Waals surface area (Å²) in [6.45, 7) is 13.4. The first kappa shape index (κ1) is 34.2. The van der Waals surface area contributed by atoms with Crippen molar-refractivity contribution in [1.29, 1.82) is 0 Å². The number of alkyl carbamates (subject to hydrolysis) is 1. The monoisotopic (exact) mass is 545 g/mol. The molecule has 0 saturated heterocycles. The zero-order valence-corrected chi connectivity index (χ0v) is 24.8. The fourth-order valence-electron chi connectivity index (χ4n) is 4.28. The molecule has 2 unspecified atom stereocenters. The molecule has 3 N–H and O–H groups in total. The van der Waals surface area contributed by atoms with E-state index in [4.69, 9.17) is 4.74 Å². The van der Waals surface area contributed by atoms with E-state index in [-0.39, 0.29) is 5.91 Å². The summed E-state index contributed by atoms with van der Waals surface area (Å²) in [5.41, 5.74) is 0.708. The van der Waals surface area contributed by atoms with Crippen molar-refractivity contribution in [2.75, 3.05) is 19.7 Å². The summed E-state index contributed by atoms with van der Waals surface area (Å²) in [5, 5.41) is 15.6. The van der Waals surface area contributed by atoms with Gasteiger partial charge in [-0.2, -0.15) is 0 Å². The minimum Gasteiger partial charge on any atom is -0.444 e. The summed E-state index contributed by atoms with van der Waals surface area (Å²) >= 11 is 0. The van der Waals surface area contributed by atoms with Crippen LogP contribution in [0.4, 0.5) is 4.79 Å². The number of nitrogens with zero attached hydrogens (tertiary/aromatic N) is 1. The van der Waals surface area contributed by atoms with Crippen LogP contribution < -0.4 is 10.6 Å². The van der Waals surface area contributed by atoms with E-state index in [0.717, 1.165) is 56.9 Å². The summed E-state index contributed by atoms with van der Waals surface area (Å²) in [5.74, 6) is -0.824. The number of benzene rings is 1. The highest BCUT2D eigenvalue weighted by Gasteiger charge is 2.35. The minimum atomic E-state index is -1.25. The molecule has 0 aliphatic rings. The Morgan fingerprint density at radius 1 is 1.03 bits per heavy atom. The van der Waals surface area contributed by atoms with Crippen LogP contribution in [0, 0.1) is 0 Å². The molecule has 3 amide bonds. The average Bonchev–Trinajstić information content (AvgIpc) is 2.89. The molecule has 0 aromatic heterocycles. The van der Waals surface area contributed by atoms with Crippen molar-refractivity contribution in [2.24, 2.45) is 0 Å². The number of ether oxygens (including phenoxy) is 1. The molecule has 0 fully saturated rings. The van der Waals surface area contributed by atoms with E-state index in [2.05, 4.69) is 31.1 Å². The Kier molecular flexibility index (Phi) is 16.1. The van der Waals surface area contributed by atoms with Gasteiger partial charge >= 0.3 is 6.09 Å². The first-order valence-corrected chi connectivity index (χ1v) is 14.5. The van der Waals surface area contributed by atoms with Gasteiger partial charge in [-0.15, -0.1) is 0 Å². The third-order valence-electron chi connectivity index (χ3n) is 6.31. The number of carbonyl (C=O) groups excluding carboxylic acids is 3. The predicted octanol–water partition coefficient (Wildman–Crippen LogP) is 5.75. The SMILES string of the molecule is C=Cc1cccc(C(C(=O)NCCCCC)N(CCCCCCCC)C(=O)C(CO)NC(=O)OC(C)(C)C)c1. The van der Waals surface area contributed by atoms with E-state index in [1.807, 2.05) is 24.3 Å². The maximum Gasteiger partial charge on any atom is 0.408 e. The number of amides is 3. The van der Waals surface area contributed by atoms with Crippen LogP contribution in [0.5, 0.6) is 0 Å². The zero-order chi connectivity index (χ0) is 29.3. The van der Waals surface area contributed by atoms with E-state index in [1.54, 1.807) is 26.8 Å². The maximum atomic E-state index is 13.9. The van der Waals surface area contributed by atoms with Crippen LogP contribution in [0.3, 0.4) is 0 Å². The Bertz CT molecular complexity index is 896. The Morgan fingerprint density at radius 2 is 1.67 bits per heavy atom. The lowest BCUT2D eigenvalue weighted by Crippen LogP contribution is -2.54. The molecular weight excluding hydrogens is 494 g/mol. The Hall–Kier alpha value is -2.87. The molecule has 0 aliphatic heterocycles. The highest BCUT2D eigenvalue weighted by molar-refractivity contribution is 5.92. The topological polar surface area (TPSA) is 108 Å². The van der Waals surface area contributed by atoms with Crippen molar-refractivity contribution < 1.29 is 24.2 Å². The van der Waals surface area contributed by atoms with Gasteiger partial charge in [0.15, 0.2) is 0 Å². The van der Waals surface area contributed by atoms with Crippen LogP contribution in [0.2, 0.25) is 0 Å². The molecule has 0 heterocycles. The smallest absolute Gasteiger partial charge is 0.408 e. The fourth-order valence-corrected chi connectivity index (χ4v) is 4.28. The summed E-state index contributed by atoms with van der Waals surface area (Å²) in [6.07, 6.45) is 9.80. The van der Waals surface area contributed by atoms with Crippen LogP contribution in [-0.4, -0.2) is 59.3 Å². The van der Waals surface area contributed by atoms with Crippen LogP contribution in [0.1, 0.15) is 110 Å². The quantitative estimate of drug-likeness (QED) is 0.204. The minimum absolute atomic E-state index is 0.291. The molecule has 0 aliphatic carbocycles. The molecule has 0 spiro atoms. The second-order valence-corrected chi connectivity index (χ2v) is 11.0. The van der Waals surface area contributed by atoms with Gasteiger partial charge in [0.2, 0.25) is 11.8 Å². The van der Waals surface area contributed by atoms with Crippen molar-refractivity contribution >= 4 is 24.0 Å². The average molecular weight is 546 g/mol. The molecule has 1 aromatic carbocycles. The van der Waals surface area contributed by atoms with E-state index >= 15 is 0 Å². The molecule has 1 rings (SSSR count). The molecule has 1 aromatic rings. The van der Waals surface area contributed by atoms with Gasteiger partial charge in [0.05, 0.1) is 6.61 Å². The van der Waals surface area contributed by atoms with Gasteiger partial charge in [0.1, 0.15) is 17.7 Å². The predicted molar refractivity (Wildman–Crippen MR) is 157 cm³/mol. The molecule has 0 saturated carbocycles. The molecule has 8 nitrogen and oxygen atoms in total. The van der Waals surface area contributed by atoms with Gasteiger partial charge in [-0.05, 0) is 50.8 Å². The lowest BCUT2D eigenvalue weighted by molar-refractivity contribution is -0.143. The number of hydrogen-bond donors (Lipinski definition) is 3. The van der Waals surface area contributed by atoms with Crippen LogP contribution in [-0.2, 0) is 14.3 Å². The van der Waals surface area contributed by atoms with Gasteiger partial charge in [-0.1, -0.05) is 89.6 Å². The number of carbonyl (C=O) groups is 3. The highest BCUT2D eigenvalue weighted by Crippen LogP contribution is 2.25. The molecule has 39 heavy (non-hydrogen) atoms. The van der Waals surface area contributed by atoms with Crippen LogP contribution in [0.25, 0.3) is 6.08 Å². The number of unbranched alkanes of at least 4 members (excludes halogenated alkanes) is 7. The Labute approximate surface area is 235 Å².